The topological polar surface area (TPSA) is 15.3 Å². The quantitative estimate of drug-likeness (QED) is 0.876. The number of hydrogen-bond donors (Lipinski definition) is 1. The third kappa shape index (κ3) is 4.05. The van der Waals surface area contributed by atoms with Crippen molar-refractivity contribution in [1.29, 1.82) is 0 Å². The molecule has 1 aromatic carbocycles. The highest BCUT2D eigenvalue weighted by atomic mass is 15.2. The predicted octanol–water partition coefficient (Wildman–Crippen LogP) is 2.87. The van der Waals surface area contributed by atoms with Crippen molar-refractivity contribution in [2.24, 2.45) is 0 Å². The maximum atomic E-state index is 3.43. The first-order valence-corrected chi connectivity index (χ1v) is 7.65. The van der Waals surface area contributed by atoms with Crippen molar-refractivity contribution in [3.05, 3.63) is 35.4 Å². The third-order valence-electron chi connectivity index (χ3n) is 4.17. The molecule has 1 aromatic rings. The van der Waals surface area contributed by atoms with E-state index in [9.17, 15) is 0 Å². The standard InChI is InChI=1S/C17H28N2/c1-4-5-15-6-8-16(9-7-15)14-17(2,3)19-12-10-18-11-13-19/h6-9,18H,4-5,10-14H2,1-3H3. The summed E-state index contributed by atoms with van der Waals surface area (Å²) in [6.45, 7) is 11.6. The highest BCUT2D eigenvalue weighted by molar-refractivity contribution is 5.24. The van der Waals surface area contributed by atoms with E-state index >= 15 is 0 Å². The zero-order chi connectivity index (χ0) is 13.7. The fourth-order valence-corrected chi connectivity index (χ4v) is 2.99. The molecular formula is C17H28N2. The average Bonchev–Trinajstić information content (AvgIpc) is 2.42. The van der Waals surface area contributed by atoms with Crippen LogP contribution in [0.3, 0.4) is 0 Å². The minimum atomic E-state index is 0.258. The van der Waals surface area contributed by atoms with E-state index in [1.807, 2.05) is 0 Å². The molecule has 2 rings (SSSR count). The van der Waals surface area contributed by atoms with E-state index in [1.165, 1.54) is 37.1 Å². The molecule has 1 heterocycles. The Labute approximate surface area is 118 Å². The first kappa shape index (κ1) is 14.5. The summed E-state index contributed by atoms with van der Waals surface area (Å²) in [5, 5.41) is 3.43. The largest absolute Gasteiger partial charge is 0.314 e. The molecule has 0 spiro atoms. The van der Waals surface area contributed by atoms with E-state index in [-0.39, 0.29) is 5.54 Å². The van der Waals surface area contributed by atoms with Gasteiger partial charge in [-0.05, 0) is 37.8 Å². The Kier molecular flexibility index (Phi) is 5.00. The SMILES string of the molecule is CCCc1ccc(CC(C)(C)N2CCNCC2)cc1. The summed E-state index contributed by atoms with van der Waals surface area (Å²) in [5.74, 6) is 0. The Morgan fingerprint density at radius 1 is 1.05 bits per heavy atom. The molecule has 0 saturated carbocycles. The summed E-state index contributed by atoms with van der Waals surface area (Å²) in [7, 11) is 0. The Morgan fingerprint density at radius 2 is 1.63 bits per heavy atom. The van der Waals surface area contributed by atoms with Crippen molar-refractivity contribution < 1.29 is 0 Å². The maximum Gasteiger partial charge on any atom is 0.0194 e. The molecule has 0 bridgehead atoms. The van der Waals surface area contributed by atoms with Crippen LogP contribution in [-0.4, -0.2) is 36.6 Å². The van der Waals surface area contributed by atoms with Crippen molar-refractivity contribution in [1.82, 2.24) is 10.2 Å². The van der Waals surface area contributed by atoms with Crippen LogP contribution in [0.15, 0.2) is 24.3 Å². The van der Waals surface area contributed by atoms with E-state index in [0.29, 0.717) is 0 Å². The van der Waals surface area contributed by atoms with Gasteiger partial charge in [0.1, 0.15) is 0 Å². The lowest BCUT2D eigenvalue weighted by Crippen LogP contribution is -2.54. The summed E-state index contributed by atoms with van der Waals surface area (Å²) in [6.07, 6.45) is 3.56. The summed E-state index contributed by atoms with van der Waals surface area (Å²) >= 11 is 0. The van der Waals surface area contributed by atoms with E-state index in [2.05, 4.69) is 55.3 Å². The summed E-state index contributed by atoms with van der Waals surface area (Å²) < 4.78 is 0. The van der Waals surface area contributed by atoms with Gasteiger partial charge in [-0.15, -0.1) is 0 Å². The fraction of sp³-hybridized carbons (Fsp3) is 0.647. The van der Waals surface area contributed by atoms with Crippen molar-refractivity contribution in [3.8, 4) is 0 Å². The van der Waals surface area contributed by atoms with Crippen LogP contribution in [-0.2, 0) is 12.8 Å². The molecule has 1 saturated heterocycles. The fourth-order valence-electron chi connectivity index (χ4n) is 2.99. The zero-order valence-electron chi connectivity index (χ0n) is 12.7. The van der Waals surface area contributed by atoms with Gasteiger partial charge in [0.2, 0.25) is 0 Å². The molecule has 106 valence electrons. The number of piperazine rings is 1. The molecule has 2 heteroatoms. The van der Waals surface area contributed by atoms with Gasteiger partial charge in [-0.3, -0.25) is 4.90 Å². The van der Waals surface area contributed by atoms with Gasteiger partial charge in [0.05, 0.1) is 0 Å². The lowest BCUT2D eigenvalue weighted by atomic mass is 9.91. The number of nitrogens with zero attached hydrogens (tertiary/aromatic N) is 1. The second-order valence-corrected chi connectivity index (χ2v) is 6.29. The minimum Gasteiger partial charge on any atom is -0.314 e. The number of nitrogens with one attached hydrogen (secondary N) is 1. The highest BCUT2D eigenvalue weighted by Gasteiger charge is 2.27. The van der Waals surface area contributed by atoms with Gasteiger partial charge in [0.25, 0.3) is 0 Å². The van der Waals surface area contributed by atoms with Gasteiger partial charge < -0.3 is 5.32 Å². The first-order valence-electron chi connectivity index (χ1n) is 7.65. The van der Waals surface area contributed by atoms with Crippen LogP contribution in [0.2, 0.25) is 0 Å². The van der Waals surface area contributed by atoms with Crippen LogP contribution >= 0.6 is 0 Å². The Bertz CT molecular complexity index is 375. The zero-order valence-corrected chi connectivity index (χ0v) is 12.7. The molecule has 1 aliphatic rings. The lowest BCUT2D eigenvalue weighted by molar-refractivity contribution is 0.104. The van der Waals surface area contributed by atoms with Gasteiger partial charge >= 0.3 is 0 Å². The third-order valence-corrected chi connectivity index (χ3v) is 4.17. The smallest absolute Gasteiger partial charge is 0.0194 e. The van der Waals surface area contributed by atoms with Gasteiger partial charge in [-0.25, -0.2) is 0 Å². The molecule has 0 unspecified atom stereocenters. The molecule has 0 atom stereocenters. The molecule has 1 aliphatic heterocycles. The molecule has 0 amide bonds. The van der Waals surface area contributed by atoms with Crippen LogP contribution in [0.25, 0.3) is 0 Å². The van der Waals surface area contributed by atoms with Gasteiger partial charge in [-0.1, -0.05) is 37.6 Å². The summed E-state index contributed by atoms with van der Waals surface area (Å²) in [5.41, 5.74) is 3.18. The lowest BCUT2D eigenvalue weighted by Gasteiger charge is -2.41. The van der Waals surface area contributed by atoms with Crippen LogP contribution in [0.1, 0.15) is 38.3 Å². The second kappa shape index (κ2) is 6.53. The van der Waals surface area contributed by atoms with Crippen molar-refractivity contribution >= 4 is 0 Å². The van der Waals surface area contributed by atoms with Crippen LogP contribution in [0.4, 0.5) is 0 Å². The number of hydrogen-bond acceptors (Lipinski definition) is 2. The van der Waals surface area contributed by atoms with Gasteiger partial charge in [-0.2, -0.15) is 0 Å². The number of benzene rings is 1. The van der Waals surface area contributed by atoms with E-state index in [4.69, 9.17) is 0 Å². The Balaban J connectivity index is 1.98. The van der Waals surface area contributed by atoms with Crippen LogP contribution in [0.5, 0.6) is 0 Å². The monoisotopic (exact) mass is 260 g/mol. The number of aryl methyl sites for hydroxylation is 1. The van der Waals surface area contributed by atoms with E-state index in [0.717, 1.165) is 19.5 Å². The van der Waals surface area contributed by atoms with Crippen LogP contribution < -0.4 is 5.32 Å². The Morgan fingerprint density at radius 3 is 2.21 bits per heavy atom. The van der Waals surface area contributed by atoms with E-state index in [1.54, 1.807) is 0 Å². The van der Waals surface area contributed by atoms with Gasteiger partial charge in [0.15, 0.2) is 0 Å². The second-order valence-electron chi connectivity index (χ2n) is 6.29. The molecule has 1 fully saturated rings. The molecular weight excluding hydrogens is 232 g/mol. The van der Waals surface area contributed by atoms with Crippen molar-refractivity contribution in [2.75, 3.05) is 26.2 Å². The minimum absolute atomic E-state index is 0.258. The first-order chi connectivity index (χ1) is 9.12. The molecule has 1 N–H and O–H groups in total. The maximum absolute atomic E-state index is 3.43. The molecule has 0 aliphatic carbocycles. The normalized spacial score (nSPS) is 17.6. The van der Waals surface area contributed by atoms with Gasteiger partial charge in [0, 0.05) is 31.7 Å². The number of rotatable bonds is 5. The molecule has 0 radical (unpaired) electrons. The highest BCUT2D eigenvalue weighted by Crippen LogP contribution is 2.21. The van der Waals surface area contributed by atoms with Crippen molar-refractivity contribution in [2.45, 2.75) is 45.6 Å². The predicted molar refractivity (Wildman–Crippen MR) is 82.7 cm³/mol. The molecule has 0 aromatic heterocycles. The summed E-state index contributed by atoms with van der Waals surface area (Å²) in [4.78, 5) is 2.61. The average molecular weight is 260 g/mol. The Hall–Kier alpha value is -0.860. The molecule has 19 heavy (non-hydrogen) atoms. The molecule has 2 nitrogen and oxygen atoms in total. The van der Waals surface area contributed by atoms with Crippen LogP contribution in [0, 0.1) is 0 Å². The summed E-state index contributed by atoms with van der Waals surface area (Å²) in [6, 6.07) is 9.23. The van der Waals surface area contributed by atoms with E-state index < -0.39 is 0 Å². The van der Waals surface area contributed by atoms with Crippen molar-refractivity contribution in [3.63, 3.8) is 0 Å².